The Morgan fingerprint density at radius 2 is 2.03 bits per heavy atom. The number of thiophene rings is 1. The summed E-state index contributed by atoms with van der Waals surface area (Å²) in [6.45, 7) is 0.0683. The Balaban J connectivity index is 1.82. The summed E-state index contributed by atoms with van der Waals surface area (Å²) in [5.74, 6) is -0.343. The van der Waals surface area contributed by atoms with Crippen molar-refractivity contribution in [3.63, 3.8) is 0 Å². The number of aryl methyl sites for hydroxylation is 2. The summed E-state index contributed by atoms with van der Waals surface area (Å²) in [5.41, 5.74) is 1.21. The number of nitrogens with one attached hydrogen (secondary N) is 1. The maximum atomic E-state index is 13.8. The van der Waals surface area contributed by atoms with Gasteiger partial charge in [-0.15, -0.1) is 11.3 Å². The molecule has 0 saturated carbocycles. The lowest BCUT2D eigenvalue weighted by molar-refractivity contribution is -0.137. The number of aromatic nitrogens is 2. The predicted octanol–water partition coefficient (Wildman–Crippen LogP) is 4.49. The van der Waals surface area contributed by atoms with Crippen molar-refractivity contribution in [3.05, 3.63) is 45.1 Å². The van der Waals surface area contributed by atoms with Crippen LogP contribution in [0, 0.1) is 0 Å². The van der Waals surface area contributed by atoms with Gasteiger partial charge in [0.2, 0.25) is 5.91 Å². The van der Waals surface area contributed by atoms with Crippen molar-refractivity contribution in [3.8, 4) is 11.4 Å². The maximum Gasteiger partial charge on any atom is 0.405 e. The third-order valence-electron chi connectivity index (χ3n) is 5.40. The monoisotopic (exact) mass is 497 g/mol. The largest absolute Gasteiger partial charge is 0.495 e. The molecule has 1 aliphatic carbocycles. The molecule has 11 heteroatoms. The average molecular weight is 498 g/mol. The summed E-state index contributed by atoms with van der Waals surface area (Å²) >= 11 is 2.41. The molecule has 2 aromatic heterocycles. The molecule has 1 atom stereocenters. The Kier molecular flexibility index (Phi) is 6.71. The van der Waals surface area contributed by atoms with Crippen molar-refractivity contribution in [2.75, 3.05) is 13.7 Å². The lowest BCUT2D eigenvalue weighted by Crippen LogP contribution is -2.38. The molecule has 1 N–H and O–H groups in total. The van der Waals surface area contributed by atoms with Crippen LogP contribution in [-0.4, -0.2) is 40.5 Å². The first-order valence-electron chi connectivity index (χ1n) is 10.4. The summed E-state index contributed by atoms with van der Waals surface area (Å²) in [6, 6.07) is 6.95. The van der Waals surface area contributed by atoms with E-state index in [-0.39, 0.29) is 10.7 Å². The molecular weight excluding hydrogens is 475 g/mol. The normalized spacial score (nSPS) is 14.7. The zero-order valence-electron chi connectivity index (χ0n) is 18.0. The lowest BCUT2D eigenvalue weighted by Gasteiger charge is -2.18. The van der Waals surface area contributed by atoms with Gasteiger partial charge in [-0.1, -0.05) is 23.9 Å². The number of hydrogen-bond donors (Lipinski definition) is 1. The minimum absolute atomic E-state index is 0.227. The molecule has 33 heavy (non-hydrogen) atoms. The van der Waals surface area contributed by atoms with Crippen LogP contribution in [0.5, 0.6) is 5.75 Å². The topological polar surface area (TPSA) is 73.2 Å². The highest BCUT2D eigenvalue weighted by Gasteiger charge is 2.30. The van der Waals surface area contributed by atoms with Crippen LogP contribution >= 0.6 is 23.1 Å². The Morgan fingerprint density at radius 3 is 2.76 bits per heavy atom. The highest BCUT2D eigenvalue weighted by atomic mass is 32.2. The third-order valence-corrected chi connectivity index (χ3v) is 7.64. The number of hydrogen-bond acceptors (Lipinski definition) is 6. The van der Waals surface area contributed by atoms with Crippen LogP contribution in [0.3, 0.4) is 0 Å². The second-order valence-corrected chi connectivity index (χ2v) is 10.1. The van der Waals surface area contributed by atoms with Gasteiger partial charge in [-0.2, -0.15) is 13.2 Å². The van der Waals surface area contributed by atoms with Gasteiger partial charge in [-0.05, 0) is 50.3 Å². The number of carbonyl (C=O) groups is 1. The Labute approximate surface area is 196 Å². The number of alkyl halides is 3. The molecule has 1 amide bonds. The van der Waals surface area contributed by atoms with Crippen molar-refractivity contribution in [2.45, 2.75) is 49.2 Å². The van der Waals surface area contributed by atoms with Gasteiger partial charge in [0, 0.05) is 4.88 Å². The molecule has 2 heterocycles. The van der Waals surface area contributed by atoms with E-state index in [0.29, 0.717) is 21.7 Å². The third kappa shape index (κ3) is 4.89. The number of para-hydroxylation sites is 2. The first-order chi connectivity index (χ1) is 15.7. The van der Waals surface area contributed by atoms with Gasteiger partial charge in [0.1, 0.15) is 17.1 Å². The van der Waals surface area contributed by atoms with E-state index in [4.69, 9.17) is 9.72 Å². The molecule has 0 bridgehead atoms. The number of ether oxygens (including phenoxy) is 1. The summed E-state index contributed by atoms with van der Waals surface area (Å²) in [6.07, 6.45) is -0.755. The Hall–Kier alpha value is -2.53. The van der Waals surface area contributed by atoms with Crippen molar-refractivity contribution in [1.82, 2.24) is 14.9 Å². The van der Waals surface area contributed by atoms with Gasteiger partial charge in [0.05, 0.1) is 23.4 Å². The van der Waals surface area contributed by atoms with E-state index in [2.05, 4.69) is 0 Å². The molecule has 3 aromatic rings. The maximum absolute atomic E-state index is 13.8. The van der Waals surface area contributed by atoms with Gasteiger partial charge in [-0.3, -0.25) is 14.2 Å². The number of halogens is 3. The van der Waals surface area contributed by atoms with E-state index in [0.717, 1.165) is 47.9 Å². The Morgan fingerprint density at radius 1 is 1.30 bits per heavy atom. The number of benzene rings is 1. The Bertz CT molecular complexity index is 1250. The SMILES string of the molecule is COc1ccccc1-n1c(SC(C)C(=O)NCC(F)(F)F)nc2sc3c(c2c1=O)CCCC3. The number of amides is 1. The second kappa shape index (κ2) is 9.38. The van der Waals surface area contributed by atoms with Crippen LogP contribution in [-0.2, 0) is 17.6 Å². The lowest BCUT2D eigenvalue weighted by atomic mass is 9.97. The smallest absolute Gasteiger partial charge is 0.405 e. The first-order valence-corrected chi connectivity index (χ1v) is 12.1. The van der Waals surface area contributed by atoms with Gasteiger partial charge >= 0.3 is 6.18 Å². The van der Waals surface area contributed by atoms with Crippen molar-refractivity contribution in [2.24, 2.45) is 0 Å². The quantitative estimate of drug-likeness (QED) is 0.401. The van der Waals surface area contributed by atoms with E-state index in [9.17, 15) is 22.8 Å². The molecule has 0 saturated heterocycles. The van der Waals surface area contributed by atoms with Crippen LogP contribution in [0.15, 0.2) is 34.2 Å². The number of fused-ring (bicyclic) bond motifs is 3. The van der Waals surface area contributed by atoms with Crippen molar-refractivity contribution in [1.29, 1.82) is 0 Å². The molecule has 1 aliphatic rings. The van der Waals surface area contributed by atoms with E-state index in [1.807, 2.05) is 5.32 Å². The van der Waals surface area contributed by atoms with E-state index in [1.165, 1.54) is 29.9 Å². The van der Waals surface area contributed by atoms with Gasteiger partial charge in [-0.25, -0.2) is 4.98 Å². The fraction of sp³-hybridized carbons (Fsp3) is 0.409. The zero-order chi connectivity index (χ0) is 23.8. The van der Waals surface area contributed by atoms with Crippen LogP contribution in [0.2, 0.25) is 0 Å². The zero-order valence-corrected chi connectivity index (χ0v) is 19.6. The van der Waals surface area contributed by atoms with Crippen molar-refractivity contribution >= 4 is 39.2 Å². The number of rotatable bonds is 6. The van der Waals surface area contributed by atoms with Crippen LogP contribution < -0.4 is 15.6 Å². The first kappa shape index (κ1) is 23.6. The minimum atomic E-state index is -4.51. The predicted molar refractivity (Wildman–Crippen MR) is 123 cm³/mol. The summed E-state index contributed by atoms with van der Waals surface area (Å²) in [5, 5.41) is 1.78. The fourth-order valence-corrected chi connectivity index (χ4v) is 6.08. The average Bonchev–Trinajstić information content (AvgIpc) is 3.15. The van der Waals surface area contributed by atoms with Gasteiger partial charge in [0.15, 0.2) is 5.16 Å². The standard InChI is InChI=1S/C22H22F3N3O3S2/c1-12(18(29)26-11-22(23,24)25)32-21-27-19-17(13-7-3-6-10-16(13)33-19)20(30)28(21)14-8-4-5-9-15(14)31-2/h4-5,8-9,12H,3,6-7,10-11H2,1-2H3,(H,26,29). The van der Waals surface area contributed by atoms with Gasteiger partial charge in [0.25, 0.3) is 5.56 Å². The molecule has 4 rings (SSSR count). The van der Waals surface area contributed by atoms with Crippen molar-refractivity contribution < 1.29 is 22.7 Å². The summed E-state index contributed by atoms with van der Waals surface area (Å²) in [7, 11) is 1.49. The fourth-order valence-electron chi connectivity index (χ4n) is 3.84. The molecule has 6 nitrogen and oxygen atoms in total. The summed E-state index contributed by atoms with van der Waals surface area (Å²) in [4.78, 5) is 32.5. The van der Waals surface area contributed by atoms with Crippen LogP contribution in [0.4, 0.5) is 13.2 Å². The van der Waals surface area contributed by atoms with Gasteiger partial charge < -0.3 is 10.1 Å². The molecule has 0 spiro atoms. The molecule has 0 aliphatic heterocycles. The number of methoxy groups -OCH3 is 1. The number of carbonyl (C=O) groups excluding carboxylic acids is 1. The number of thioether (sulfide) groups is 1. The molecule has 0 radical (unpaired) electrons. The van der Waals surface area contributed by atoms with E-state index < -0.39 is 23.9 Å². The molecular formula is C22H22F3N3O3S2. The highest BCUT2D eigenvalue weighted by Crippen LogP contribution is 2.36. The molecule has 0 fully saturated rings. The minimum Gasteiger partial charge on any atom is -0.495 e. The van der Waals surface area contributed by atoms with E-state index in [1.54, 1.807) is 24.3 Å². The number of nitrogens with zero attached hydrogens (tertiary/aromatic N) is 2. The molecule has 1 unspecified atom stereocenters. The molecule has 1 aromatic carbocycles. The highest BCUT2D eigenvalue weighted by molar-refractivity contribution is 8.00. The van der Waals surface area contributed by atoms with E-state index >= 15 is 0 Å². The summed E-state index contributed by atoms with van der Waals surface area (Å²) < 4.78 is 44.4. The van der Waals surface area contributed by atoms with Crippen LogP contribution in [0.25, 0.3) is 15.9 Å². The second-order valence-electron chi connectivity index (χ2n) is 7.69. The van der Waals surface area contributed by atoms with Crippen LogP contribution in [0.1, 0.15) is 30.2 Å². The molecule has 176 valence electrons.